The first-order chi connectivity index (χ1) is 13.3. The Labute approximate surface area is 161 Å². The van der Waals surface area contributed by atoms with Gasteiger partial charge in [-0.3, -0.25) is 0 Å². The summed E-state index contributed by atoms with van der Waals surface area (Å²) in [6, 6.07) is 19.1. The Morgan fingerprint density at radius 2 is 1.81 bits per heavy atom. The highest BCUT2D eigenvalue weighted by molar-refractivity contribution is 5.72. The molecule has 3 heteroatoms. The summed E-state index contributed by atoms with van der Waals surface area (Å²) in [7, 11) is 0. The summed E-state index contributed by atoms with van der Waals surface area (Å²) in [5.74, 6) is 2.00. The van der Waals surface area contributed by atoms with Crippen LogP contribution in [-0.4, -0.2) is 13.1 Å². The van der Waals surface area contributed by atoms with Gasteiger partial charge < -0.3 is 9.73 Å². The first-order valence-electron chi connectivity index (χ1n) is 9.94. The van der Waals surface area contributed by atoms with E-state index in [0.29, 0.717) is 0 Å². The molecule has 0 bridgehead atoms. The maximum absolute atomic E-state index is 6.43. The lowest BCUT2D eigenvalue weighted by Gasteiger charge is -2.20. The van der Waals surface area contributed by atoms with Crippen molar-refractivity contribution < 1.29 is 4.42 Å². The van der Waals surface area contributed by atoms with E-state index in [1.165, 1.54) is 22.1 Å². The van der Waals surface area contributed by atoms with E-state index in [1.54, 1.807) is 0 Å². The number of rotatable bonds is 4. The van der Waals surface area contributed by atoms with Crippen LogP contribution in [0.2, 0.25) is 0 Å². The van der Waals surface area contributed by atoms with Gasteiger partial charge in [-0.05, 0) is 62.9 Å². The number of nitrogens with zero attached hydrogens (tertiary/aromatic N) is 1. The minimum atomic E-state index is 0.964. The van der Waals surface area contributed by atoms with Crippen LogP contribution in [-0.2, 0) is 6.42 Å². The molecule has 0 saturated carbocycles. The van der Waals surface area contributed by atoms with Crippen molar-refractivity contribution in [2.45, 2.75) is 33.1 Å². The monoisotopic (exact) mass is 359 g/mol. The van der Waals surface area contributed by atoms with Crippen LogP contribution in [0, 0.1) is 0 Å². The fraction of sp³-hybridized carbons (Fsp3) is 0.292. The number of nitrogens with one attached hydrogen (secondary N) is 1. The molecule has 0 spiro atoms. The van der Waals surface area contributed by atoms with Crippen LogP contribution in [0.5, 0.6) is 0 Å². The standard InChI is InChI=1S/C24H26N2O/c1-3-26(4-2)22-14-13-18-15-19-9-8-10-20(24(19)27-23(18)16-22)17-25-21-11-6-5-7-12-21/h5-7,11-17H,3-4,8-10H2,1-2H3/p+1. The Bertz CT molecular complexity index is 992. The Hall–Kier alpha value is -2.81. The van der Waals surface area contributed by atoms with Gasteiger partial charge in [0, 0.05) is 29.1 Å². The van der Waals surface area contributed by atoms with Crippen molar-refractivity contribution >= 4 is 11.3 Å². The zero-order valence-corrected chi connectivity index (χ0v) is 16.2. The van der Waals surface area contributed by atoms with E-state index in [1.807, 2.05) is 18.2 Å². The predicted molar refractivity (Wildman–Crippen MR) is 113 cm³/mol. The van der Waals surface area contributed by atoms with E-state index < -0.39 is 0 Å². The van der Waals surface area contributed by atoms with Gasteiger partial charge in [-0.2, -0.15) is 0 Å². The van der Waals surface area contributed by atoms with E-state index >= 15 is 0 Å². The molecular formula is C24H27N2O+. The van der Waals surface area contributed by atoms with Crippen LogP contribution in [0.1, 0.15) is 38.0 Å². The van der Waals surface area contributed by atoms with E-state index in [9.17, 15) is 0 Å². The van der Waals surface area contributed by atoms with Gasteiger partial charge in [0.25, 0.3) is 0 Å². The van der Waals surface area contributed by atoms with Gasteiger partial charge in [0.15, 0.2) is 0 Å². The first-order valence-corrected chi connectivity index (χ1v) is 9.94. The molecule has 0 atom stereocenters. The fourth-order valence-electron chi connectivity index (χ4n) is 3.83. The smallest absolute Gasteiger partial charge is 0.203 e. The fourth-order valence-corrected chi connectivity index (χ4v) is 3.83. The van der Waals surface area contributed by atoms with Crippen molar-refractivity contribution in [1.29, 1.82) is 0 Å². The Kier molecular flexibility index (Phi) is 5.10. The van der Waals surface area contributed by atoms with Crippen LogP contribution in [0.15, 0.2) is 65.2 Å². The lowest BCUT2D eigenvalue weighted by atomic mass is 9.91. The molecule has 0 saturated heterocycles. The average Bonchev–Trinajstić information content (AvgIpc) is 2.72. The van der Waals surface area contributed by atoms with Crippen molar-refractivity contribution in [1.82, 2.24) is 4.58 Å². The highest BCUT2D eigenvalue weighted by atomic mass is 16.3. The largest absolute Gasteiger partial charge is 0.456 e. The Morgan fingerprint density at radius 3 is 2.59 bits per heavy atom. The molecule has 0 amide bonds. The highest BCUT2D eigenvalue weighted by Gasteiger charge is 2.20. The third-order valence-electron chi connectivity index (χ3n) is 5.33. The zero-order chi connectivity index (χ0) is 18.6. The summed E-state index contributed by atoms with van der Waals surface area (Å²) in [5.41, 5.74) is 4.84. The maximum atomic E-state index is 6.43. The number of hydrogen-bond acceptors (Lipinski definition) is 2. The van der Waals surface area contributed by atoms with Crippen LogP contribution < -0.4 is 15.2 Å². The molecule has 2 aliphatic carbocycles. The van der Waals surface area contributed by atoms with Crippen molar-refractivity contribution in [2.24, 2.45) is 0 Å². The first kappa shape index (κ1) is 17.6. The second-order valence-electron chi connectivity index (χ2n) is 7.03. The maximum Gasteiger partial charge on any atom is 0.203 e. The summed E-state index contributed by atoms with van der Waals surface area (Å²) in [6.07, 6.45) is 5.39. The summed E-state index contributed by atoms with van der Waals surface area (Å²) >= 11 is 0. The van der Waals surface area contributed by atoms with Gasteiger partial charge in [0.05, 0.1) is 6.07 Å². The van der Waals surface area contributed by atoms with Gasteiger partial charge in [0.2, 0.25) is 5.36 Å². The highest BCUT2D eigenvalue weighted by Crippen LogP contribution is 2.35. The molecule has 138 valence electrons. The Morgan fingerprint density at radius 1 is 1.00 bits per heavy atom. The molecule has 3 nitrogen and oxygen atoms in total. The molecule has 0 fully saturated rings. The molecule has 27 heavy (non-hydrogen) atoms. The van der Waals surface area contributed by atoms with Crippen LogP contribution in [0.25, 0.3) is 16.9 Å². The van der Waals surface area contributed by atoms with Crippen LogP contribution in [0.3, 0.4) is 0 Å². The molecule has 3 aliphatic rings. The quantitative estimate of drug-likeness (QED) is 0.665. The summed E-state index contributed by atoms with van der Waals surface area (Å²) in [6.45, 7) is 6.37. The van der Waals surface area contributed by atoms with E-state index in [2.05, 4.69) is 66.3 Å². The van der Waals surface area contributed by atoms with Crippen molar-refractivity contribution in [2.75, 3.05) is 18.4 Å². The van der Waals surface area contributed by atoms with E-state index in [-0.39, 0.29) is 0 Å². The minimum absolute atomic E-state index is 0.964. The molecular weight excluding hydrogens is 332 g/mol. The number of fused-ring (bicyclic) bond motifs is 2. The number of anilines is 1. The molecule has 1 heterocycles. The van der Waals surface area contributed by atoms with Gasteiger partial charge in [-0.25, -0.2) is 4.58 Å². The molecule has 0 unspecified atom stereocenters. The molecule has 1 aromatic rings. The van der Waals surface area contributed by atoms with Gasteiger partial charge in [0.1, 0.15) is 24.6 Å². The minimum Gasteiger partial charge on any atom is -0.456 e. The lowest BCUT2D eigenvalue weighted by molar-refractivity contribution is 0.524. The normalized spacial score (nSPS) is 15.0. The van der Waals surface area contributed by atoms with Crippen LogP contribution >= 0.6 is 0 Å². The van der Waals surface area contributed by atoms with Gasteiger partial charge >= 0.3 is 0 Å². The third-order valence-corrected chi connectivity index (χ3v) is 5.33. The number of aryl methyl sites for hydroxylation is 1. The van der Waals surface area contributed by atoms with Gasteiger partial charge in [-0.15, -0.1) is 0 Å². The predicted octanol–water partition coefficient (Wildman–Crippen LogP) is 4.99. The summed E-state index contributed by atoms with van der Waals surface area (Å²) < 4.78 is 8.78. The molecule has 0 aromatic heterocycles. The number of benzene rings is 2. The van der Waals surface area contributed by atoms with Gasteiger partial charge in [-0.1, -0.05) is 18.2 Å². The molecule has 1 aliphatic heterocycles. The molecule has 4 rings (SSSR count). The molecule has 1 aromatic carbocycles. The Balaban J connectivity index is 1.77. The molecule has 0 radical (unpaired) electrons. The van der Waals surface area contributed by atoms with Crippen molar-refractivity contribution in [3.63, 3.8) is 0 Å². The summed E-state index contributed by atoms with van der Waals surface area (Å²) in [4.78, 5) is 0. The zero-order valence-electron chi connectivity index (χ0n) is 16.2. The van der Waals surface area contributed by atoms with Crippen molar-refractivity contribution in [3.05, 3.63) is 77.5 Å². The third kappa shape index (κ3) is 3.68. The summed E-state index contributed by atoms with van der Waals surface area (Å²) in [5, 5.41) is 4.64. The number of para-hydroxylation sites is 1. The second-order valence-corrected chi connectivity index (χ2v) is 7.03. The topological polar surface area (TPSA) is 28.2 Å². The van der Waals surface area contributed by atoms with E-state index in [0.717, 1.165) is 49.6 Å². The van der Waals surface area contributed by atoms with Crippen molar-refractivity contribution in [3.8, 4) is 11.3 Å². The number of allylic oxidation sites excluding steroid dienone is 1. The average molecular weight is 359 g/mol. The lowest BCUT2D eigenvalue weighted by Crippen LogP contribution is -2.29. The number of hydrogen-bond donors (Lipinski definition) is 1. The molecule has 1 N–H and O–H groups in total. The van der Waals surface area contributed by atoms with Crippen LogP contribution in [0.4, 0.5) is 5.69 Å². The van der Waals surface area contributed by atoms with E-state index in [4.69, 9.17) is 4.42 Å². The SMILES string of the molecule is CC[N+](CC)=c1ccc2cc3c(oc-2c1)/C(=C/Nc1ccccc1)CCC3. The second kappa shape index (κ2) is 7.83.